The van der Waals surface area contributed by atoms with E-state index in [1.54, 1.807) is 6.92 Å². The molecule has 110 valence electrons. The van der Waals surface area contributed by atoms with Crippen LogP contribution in [0.25, 0.3) is 0 Å². The second-order valence-corrected chi connectivity index (χ2v) is 6.18. The third-order valence-electron chi connectivity index (χ3n) is 4.10. The third kappa shape index (κ3) is 2.78. The van der Waals surface area contributed by atoms with E-state index in [0.29, 0.717) is 5.02 Å². The van der Waals surface area contributed by atoms with Crippen LogP contribution >= 0.6 is 11.6 Å². The lowest BCUT2D eigenvalue weighted by molar-refractivity contribution is 0.199. The Kier molecular flexibility index (Phi) is 3.92. The van der Waals surface area contributed by atoms with Gasteiger partial charge in [0.25, 0.3) is 0 Å². The zero-order chi connectivity index (χ0) is 15.0. The molecule has 21 heavy (non-hydrogen) atoms. The minimum Gasteiger partial charge on any atom is -0.389 e. The number of rotatable bonds is 2. The summed E-state index contributed by atoms with van der Waals surface area (Å²) in [6.45, 7) is 4.86. The van der Waals surface area contributed by atoms with Gasteiger partial charge < -0.3 is 10.0 Å². The predicted octanol–water partition coefficient (Wildman–Crippen LogP) is 4.79. The Morgan fingerprint density at radius 2 is 1.90 bits per heavy atom. The van der Waals surface area contributed by atoms with Crippen molar-refractivity contribution in [1.29, 1.82) is 0 Å². The highest BCUT2D eigenvalue weighted by atomic mass is 35.5. The smallest absolute Gasteiger partial charge is 0.0762 e. The molecular weight excluding hydrogens is 282 g/mol. The van der Waals surface area contributed by atoms with Crippen molar-refractivity contribution in [3.05, 3.63) is 58.1 Å². The van der Waals surface area contributed by atoms with Crippen LogP contribution in [0.5, 0.6) is 0 Å². The Morgan fingerprint density at radius 1 is 1.14 bits per heavy atom. The van der Waals surface area contributed by atoms with E-state index in [-0.39, 0.29) is 0 Å². The number of aryl methyl sites for hydroxylation is 2. The first-order valence-corrected chi connectivity index (χ1v) is 7.78. The molecule has 1 aliphatic rings. The largest absolute Gasteiger partial charge is 0.389 e. The summed E-state index contributed by atoms with van der Waals surface area (Å²) in [6.07, 6.45) is 1.76. The third-order valence-corrected chi connectivity index (χ3v) is 4.40. The molecule has 1 N–H and O–H groups in total. The van der Waals surface area contributed by atoms with Gasteiger partial charge in [0.15, 0.2) is 0 Å². The molecule has 0 saturated carbocycles. The number of aliphatic hydroxyl groups excluding tert-OH is 1. The summed E-state index contributed by atoms with van der Waals surface area (Å²) in [4.78, 5) is 2.28. The Bertz CT molecular complexity index is 666. The monoisotopic (exact) mass is 301 g/mol. The second-order valence-electron chi connectivity index (χ2n) is 5.77. The van der Waals surface area contributed by atoms with E-state index in [1.807, 2.05) is 18.2 Å². The zero-order valence-corrected chi connectivity index (χ0v) is 13.2. The van der Waals surface area contributed by atoms with E-state index < -0.39 is 6.10 Å². The molecular formula is C18H20ClNO. The molecule has 2 nitrogen and oxygen atoms in total. The zero-order valence-electron chi connectivity index (χ0n) is 12.4. The van der Waals surface area contributed by atoms with Crippen LogP contribution in [0, 0.1) is 6.92 Å². The predicted molar refractivity (Wildman–Crippen MR) is 88.6 cm³/mol. The van der Waals surface area contributed by atoms with Crippen LogP contribution in [-0.4, -0.2) is 11.7 Å². The summed E-state index contributed by atoms with van der Waals surface area (Å²) >= 11 is 6.45. The molecule has 0 aliphatic carbocycles. The second kappa shape index (κ2) is 5.70. The fourth-order valence-corrected chi connectivity index (χ4v) is 3.27. The van der Waals surface area contributed by atoms with Crippen LogP contribution in [0.2, 0.25) is 5.02 Å². The van der Waals surface area contributed by atoms with Crippen molar-refractivity contribution >= 4 is 23.0 Å². The topological polar surface area (TPSA) is 23.5 Å². The van der Waals surface area contributed by atoms with E-state index in [9.17, 15) is 5.11 Å². The van der Waals surface area contributed by atoms with Gasteiger partial charge in [-0.25, -0.2) is 0 Å². The first kappa shape index (κ1) is 14.4. The average Bonchev–Trinajstić information content (AvgIpc) is 2.46. The molecule has 0 spiro atoms. The van der Waals surface area contributed by atoms with E-state index in [4.69, 9.17) is 11.6 Å². The fraction of sp³-hybridized carbons (Fsp3) is 0.333. The fourth-order valence-electron chi connectivity index (χ4n) is 2.98. The molecule has 3 heteroatoms. The molecule has 0 fully saturated rings. The van der Waals surface area contributed by atoms with E-state index in [0.717, 1.165) is 30.6 Å². The van der Waals surface area contributed by atoms with Crippen LogP contribution in [0.4, 0.5) is 11.4 Å². The minimum absolute atomic E-state index is 0.493. The van der Waals surface area contributed by atoms with E-state index in [1.165, 1.54) is 16.8 Å². The first-order chi connectivity index (χ1) is 10.1. The molecule has 0 unspecified atom stereocenters. The van der Waals surface area contributed by atoms with Crippen molar-refractivity contribution in [3.63, 3.8) is 0 Å². The van der Waals surface area contributed by atoms with Crippen LogP contribution in [0.1, 0.15) is 36.1 Å². The van der Waals surface area contributed by atoms with E-state index in [2.05, 4.69) is 30.0 Å². The maximum absolute atomic E-state index is 9.67. The highest BCUT2D eigenvalue weighted by Crippen LogP contribution is 2.38. The molecule has 3 rings (SSSR count). The lowest BCUT2D eigenvalue weighted by Gasteiger charge is -2.32. The first-order valence-electron chi connectivity index (χ1n) is 7.41. The molecule has 1 heterocycles. The van der Waals surface area contributed by atoms with Crippen LogP contribution in [-0.2, 0) is 6.42 Å². The van der Waals surface area contributed by atoms with Gasteiger partial charge in [-0.3, -0.25) is 0 Å². The summed E-state index contributed by atoms with van der Waals surface area (Å²) in [5, 5.41) is 10.4. The highest BCUT2D eigenvalue weighted by Gasteiger charge is 2.20. The SMILES string of the molecule is Cc1ccc2c(c1)CCCN2c1ccc([C@H](C)O)cc1Cl. The molecule has 1 atom stereocenters. The Balaban J connectivity index is 2.03. The minimum atomic E-state index is -0.493. The summed E-state index contributed by atoms with van der Waals surface area (Å²) in [5.41, 5.74) is 5.80. The number of fused-ring (bicyclic) bond motifs is 1. The van der Waals surface area contributed by atoms with E-state index >= 15 is 0 Å². The number of anilines is 2. The van der Waals surface area contributed by atoms with Gasteiger partial charge in [0, 0.05) is 12.2 Å². The quantitative estimate of drug-likeness (QED) is 0.862. The van der Waals surface area contributed by atoms with Gasteiger partial charge in [0.1, 0.15) is 0 Å². The number of nitrogens with zero attached hydrogens (tertiary/aromatic N) is 1. The lowest BCUT2D eigenvalue weighted by Crippen LogP contribution is -2.24. The van der Waals surface area contributed by atoms with Gasteiger partial charge in [-0.1, -0.05) is 35.4 Å². The molecule has 0 saturated heterocycles. The summed E-state index contributed by atoms with van der Waals surface area (Å²) in [6, 6.07) is 12.4. The van der Waals surface area contributed by atoms with Crippen molar-refractivity contribution < 1.29 is 5.11 Å². The lowest BCUT2D eigenvalue weighted by atomic mass is 9.98. The molecule has 0 radical (unpaired) electrons. The number of halogens is 1. The number of hydrogen-bond donors (Lipinski definition) is 1. The van der Waals surface area contributed by atoms with Crippen LogP contribution < -0.4 is 4.90 Å². The number of hydrogen-bond acceptors (Lipinski definition) is 2. The normalized spacial score (nSPS) is 15.7. The van der Waals surface area contributed by atoms with Gasteiger partial charge >= 0.3 is 0 Å². The van der Waals surface area contributed by atoms with Crippen molar-refractivity contribution in [2.75, 3.05) is 11.4 Å². The Morgan fingerprint density at radius 3 is 2.62 bits per heavy atom. The number of benzene rings is 2. The van der Waals surface area contributed by atoms with Crippen molar-refractivity contribution in [2.45, 2.75) is 32.8 Å². The average molecular weight is 302 g/mol. The van der Waals surface area contributed by atoms with Crippen molar-refractivity contribution in [3.8, 4) is 0 Å². The molecule has 0 bridgehead atoms. The highest BCUT2D eigenvalue weighted by molar-refractivity contribution is 6.33. The molecule has 0 aromatic heterocycles. The summed E-state index contributed by atoms with van der Waals surface area (Å²) in [7, 11) is 0. The maximum atomic E-state index is 9.67. The van der Waals surface area contributed by atoms with Crippen molar-refractivity contribution in [2.24, 2.45) is 0 Å². The van der Waals surface area contributed by atoms with Gasteiger partial charge in [-0.2, -0.15) is 0 Å². The summed E-state index contributed by atoms with van der Waals surface area (Å²) < 4.78 is 0. The van der Waals surface area contributed by atoms with Crippen molar-refractivity contribution in [1.82, 2.24) is 0 Å². The Hall–Kier alpha value is -1.51. The molecule has 2 aromatic rings. The van der Waals surface area contributed by atoms with Crippen LogP contribution in [0.3, 0.4) is 0 Å². The molecule has 0 amide bonds. The molecule has 2 aromatic carbocycles. The van der Waals surface area contributed by atoms with Gasteiger partial charge in [0.05, 0.1) is 16.8 Å². The van der Waals surface area contributed by atoms with Crippen LogP contribution in [0.15, 0.2) is 36.4 Å². The maximum Gasteiger partial charge on any atom is 0.0762 e. The number of aliphatic hydroxyl groups is 1. The standard InChI is InChI=1S/C18H20ClNO/c1-12-5-7-17-15(10-12)4-3-9-20(17)18-8-6-14(13(2)21)11-16(18)19/h5-8,10-11,13,21H,3-4,9H2,1-2H3/t13-/m0/s1. The van der Waals surface area contributed by atoms with Gasteiger partial charge in [-0.15, -0.1) is 0 Å². The molecule has 1 aliphatic heterocycles. The van der Waals surface area contributed by atoms with Gasteiger partial charge in [0.2, 0.25) is 0 Å². The summed E-state index contributed by atoms with van der Waals surface area (Å²) in [5.74, 6) is 0. The van der Waals surface area contributed by atoms with Gasteiger partial charge in [-0.05, 0) is 56.0 Å². The Labute approximate surface area is 131 Å².